The Hall–Kier alpha value is -1.20. The van der Waals surface area contributed by atoms with Crippen molar-refractivity contribution in [1.82, 2.24) is 0 Å². The third-order valence-corrected chi connectivity index (χ3v) is 13.7. The number of ether oxygens (including phenoxy) is 1. The largest absolute Gasteiger partial charge is 0.458 e. The van der Waals surface area contributed by atoms with Gasteiger partial charge in [-0.2, -0.15) is 0 Å². The Kier molecular flexibility index (Phi) is 5.87. The number of hydrogen-bond donors (Lipinski definition) is 2. The summed E-state index contributed by atoms with van der Waals surface area (Å²) < 4.78 is 6.40. The lowest BCUT2D eigenvalue weighted by atomic mass is 9.33. The fourth-order valence-corrected chi connectivity index (χ4v) is 11.3. The third-order valence-electron chi connectivity index (χ3n) is 13.7. The fourth-order valence-electron chi connectivity index (χ4n) is 11.3. The van der Waals surface area contributed by atoms with Gasteiger partial charge in [0.2, 0.25) is 0 Å². The number of hydrogen-bond acceptors (Lipinski definition) is 5. The normalized spacial score (nSPS) is 52.5. The van der Waals surface area contributed by atoms with Crippen LogP contribution >= 0.6 is 0 Å². The highest BCUT2D eigenvalue weighted by Crippen LogP contribution is 2.78. The van der Waals surface area contributed by atoms with Gasteiger partial charge in [0.1, 0.15) is 11.4 Å². The minimum absolute atomic E-state index is 0.0334. The number of allylic oxidation sites excluding steroid dienone is 1. The minimum atomic E-state index is -0.725. The quantitative estimate of drug-likeness (QED) is 0.356. The Bertz CT molecular complexity index is 1040. The van der Waals surface area contributed by atoms with Gasteiger partial charge in [-0.3, -0.25) is 9.59 Å². The first-order valence-electron chi connectivity index (χ1n) is 14.7. The van der Waals surface area contributed by atoms with E-state index in [1.807, 2.05) is 0 Å². The van der Waals surface area contributed by atoms with Crippen molar-refractivity contribution in [2.75, 3.05) is 0 Å². The number of aliphatic hydroxyl groups is 2. The van der Waals surface area contributed by atoms with Gasteiger partial charge in [-0.05, 0) is 66.6 Å². The van der Waals surface area contributed by atoms with Crippen LogP contribution in [0.4, 0.5) is 0 Å². The molecule has 5 heteroatoms. The molecule has 0 heterocycles. The fraction of sp³-hybridized carbons (Fsp3) is 0.875. The van der Waals surface area contributed by atoms with Gasteiger partial charge in [-0.1, -0.05) is 67.0 Å². The van der Waals surface area contributed by atoms with E-state index in [-0.39, 0.29) is 45.9 Å². The van der Waals surface area contributed by atoms with Gasteiger partial charge in [-0.25, -0.2) is 0 Å². The molecule has 4 saturated carbocycles. The van der Waals surface area contributed by atoms with Gasteiger partial charge in [0.05, 0.1) is 12.2 Å². The number of Topliss-reactive ketones (excluding diaryl/α,β-unsaturated/α-hetero) is 1. The van der Waals surface area contributed by atoms with Crippen molar-refractivity contribution in [3.05, 3.63) is 11.6 Å². The average Bonchev–Trinajstić information content (AvgIpc) is 3.02. The lowest BCUT2D eigenvalue weighted by Crippen LogP contribution is -2.72. The summed E-state index contributed by atoms with van der Waals surface area (Å²) in [4.78, 5) is 25.6. The molecule has 4 fully saturated rings. The molecule has 0 aromatic rings. The van der Waals surface area contributed by atoms with E-state index < -0.39 is 28.6 Å². The number of carbonyl (C=O) groups is 2. The van der Waals surface area contributed by atoms with Gasteiger partial charge in [0.15, 0.2) is 0 Å². The van der Waals surface area contributed by atoms with Crippen molar-refractivity contribution in [1.29, 1.82) is 0 Å². The summed E-state index contributed by atoms with van der Waals surface area (Å²) in [5.74, 6) is 0.500. The summed E-state index contributed by atoms with van der Waals surface area (Å²) in [7, 11) is 0. The highest BCUT2D eigenvalue weighted by molar-refractivity contribution is 5.85. The zero-order valence-electron chi connectivity index (χ0n) is 24.6. The highest BCUT2D eigenvalue weighted by Gasteiger charge is 2.79. The van der Waals surface area contributed by atoms with Crippen molar-refractivity contribution in [2.24, 2.45) is 50.7 Å². The van der Waals surface area contributed by atoms with Crippen LogP contribution in [0.3, 0.4) is 0 Å². The predicted molar refractivity (Wildman–Crippen MR) is 143 cm³/mol. The summed E-state index contributed by atoms with van der Waals surface area (Å²) in [5.41, 5.74) is -1.25. The van der Waals surface area contributed by atoms with Crippen molar-refractivity contribution in [2.45, 2.75) is 125 Å². The van der Waals surface area contributed by atoms with E-state index in [4.69, 9.17) is 4.74 Å². The molecule has 0 saturated heterocycles. The van der Waals surface area contributed by atoms with Crippen LogP contribution in [0.1, 0.15) is 107 Å². The molecule has 5 nitrogen and oxygen atoms in total. The molecule has 5 rings (SSSR count). The number of carbonyl (C=O) groups excluding carboxylic acids is 2. The maximum absolute atomic E-state index is 13.0. The van der Waals surface area contributed by atoms with Crippen molar-refractivity contribution < 1.29 is 24.5 Å². The van der Waals surface area contributed by atoms with Crippen LogP contribution in [0, 0.1) is 50.7 Å². The molecule has 0 amide bonds. The lowest BCUT2D eigenvalue weighted by molar-refractivity contribution is -0.277. The first-order chi connectivity index (χ1) is 16.9. The molecular formula is C32H50O5. The van der Waals surface area contributed by atoms with Crippen LogP contribution in [-0.2, 0) is 14.3 Å². The van der Waals surface area contributed by atoms with E-state index in [1.165, 1.54) is 12.5 Å². The molecule has 2 N–H and O–H groups in total. The second-order valence-corrected chi connectivity index (χ2v) is 15.3. The summed E-state index contributed by atoms with van der Waals surface area (Å²) >= 11 is 0. The van der Waals surface area contributed by atoms with Crippen LogP contribution in [0.2, 0.25) is 0 Å². The van der Waals surface area contributed by atoms with Crippen LogP contribution in [0.15, 0.2) is 11.6 Å². The van der Waals surface area contributed by atoms with E-state index in [9.17, 15) is 19.8 Å². The standard InChI is InChI=1S/C32H50O5/c1-18(2)21-16-25(36)31(9)30(8)13-10-20-26(29(30,7)14-15-32(21,31)37-19(3)33)22(34)17-23-27(4,5)24(35)11-12-28(20,23)6/h10,18,21-23,25-26,34,36H,11-17H2,1-9H3. The first-order valence-corrected chi connectivity index (χ1v) is 14.7. The van der Waals surface area contributed by atoms with Gasteiger partial charge >= 0.3 is 5.97 Å². The van der Waals surface area contributed by atoms with Crippen LogP contribution in [-0.4, -0.2) is 39.8 Å². The van der Waals surface area contributed by atoms with Crippen molar-refractivity contribution in [3.63, 3.8) is 0 Å². The first kappa shape index (κ1) is 27.4. The summed E-state index contributed by atoms with van der Waals surface area (Å²) in [6.45, 7) is 19.2. The van der Waals surface area contributed by atoms with E-state index >= 15 is 0 Å². The Morgan fingerprint density at radius 3 is 2.27 bits per heavy atom. The summed E-state index contributed by atoms with van der Waals surface area (Å²) in [5, 5.41) is 23.8. The Morgan fingerprint density at radius 2 is 1.68 bits per heavy atom. The average molecular weight is 515 g/mol. The lowest BCUT2D eigenvalue weighted by Gasteiger charge is -2.72. The molecule has 0 spiro atoms. The molecule has 10 atom stereocenters. The molecular weight excluding hydrogens is 464 g/mol. The van der Waals surface area contributed by atoms with E-state index in [0.29, 0.717) is 31.5 Å². The molecule has 0 aromatic carbocycles. The second-order valence-electron chi connectivity index (χ2n) is 15.3. The molecule has 5 aliphatic rings. The second kappa shape index (κ2) is 7.93. The highest BCUT2D eigenvalue weighted by atomic mass is 16.6. The number of aliphatic hydroxyl groups excluding tert-OH is 2. The molecule has 0 aromatic heterocycles. The zero-order valence-corrected chi connectivity index (χ0v) is 24.6. The minimum Gasteiger partial charge on any atom is -0.458 e. The van der Waals surface area contributed by atoms with Gasteiger partial charge in [-0.15, -0.1) is 0 Å². The Morgan fingerprint density at radius 1 is 1.03 bits per heavy atom. The molecule has 10 unspecified atom stereocenters. The molecule has 0 aliphatic heterocycles. The van der Waals surface area contributed by atoms with Crippen LogP contribution < -0.4 is 0 Å². The Balaban J connectivity index is 1.68. The molecule has 208 valence electrons. The third kappa shape index (κ3) is 3.00. The van der Waals surface area contributed by atoms with Gasteiger partial charge in [0.25, 0.3) is 0 Å². The van der Waals surface area contributed by atoms with Crippen molar-refractivity contribution >= 4 is 11.8 Å². The molecule has 0 radical (unpaired) electrons. The van der Waals surface area contributed by atoms with Gasteiger partial charge < -0.3 is 14.9 Å². The SMILES string of the molecule is CC(=O)OC12CCC3(C)C4C(=CCC3(C)C1(C)C(O)CC2C(C)C)C1(C)CCC(=O)C(C)(C)C1CC4O. The smallest absolute Gasteiger partial charge is 0.303 e. The Labute approximate surface area is 223 Å². The number of esters is 1. The van der Waals surface area contributed by atoms with Gasteiger partial charge in [0, 0.05) is 36.0 Å². The van der Waals surface area contributed by atoms with Crippen molar-refractivity contribution in [3.8, 4) is 0 Å². The zero-order chi connectivity index (χ0) is 27.6. The maximum Gasteiger partial charge on any atom is 0.303 e. The number of ketones is 1. The van der Waals surface area contributed by atoms with Crippen LogP contribution in [0.5, 0.6) is 0 Å². The maximum atomic E-state index is 13.0. The number of fused-ring (bicyclic) bond motifs is 7. The van der Waals surface area contributed by atoms with Crippen LogP contribution in [0.25, 0.3) is 0 Å². The molecule has 0 bridgehead atoms. The van der Waals surface area contributed by atoms with E-state index in [2.05, 4.69) is 61.5 Å². The predicted octanol–water partition coefficient (Wildman–Crippen LogP) is 5.86. The topological polar surface area (TPSA) is 83.8 Å². The molecule has 37 heavy (non-hydrogen) atoms. The van der Waals surface area contributed by atoms with E-state index in [0.717, 1.165) is 19.3 Å². The monoisotopic (exact) mass is 514 g/mol. The summed E-state index contributed by atoms with van der Waals surface area (Å²) in [6, 6.07) is 0. The molecule has 5 aliphatic carbocycles. The summed E-state index contributed by atoms with van der Waals surface area (Å²) in [6.07, 6.45) is 6.28. The van der Waals surface area contributed by atoms with E-state index in [1.54, 1.807) is 0 Å². The number of rotatable bonds is 2.